The Morgan fingerprint density at radius 3 is 2.55 bits per heavy atom. The van der Waals surface area contributed by atoms with Gasteiger partial charge in [0.2, 0.25) is 0 Å². The molecule has 4 nitrogen and oxygen atoms in total. The maximum absolute atomic E-state index is 5.74. The summed E-state index contributed by atoms with van der Waals surface area (Å²) in [5.41, 5.74) is 7.79. The SMILES string of the molecule is C/C(=C\c1ccncc1C)c1cnc2cc(-c3ccc(OC(C)C)cc3)ccn12. The molecule has 1 aromatic carbocycles. The maximum Gasteiger partial charge on any atom is 0.137 e. The number of pyridine rings is 2. The van der Waals surface area contributed by atoms with Crippen molar-refractivity contribution in [1.29, 1.82) is 0 Å². The third-order valence-corrected chi connectivity index (χ3v) is 4.91. The third kappa shape index (κ3) is 4.06. The molecule has 0 aliphatic heterocycles. The normalized spacial score (nSPS) is 12.0. The first kappa shape index (κ1) is 18.9. The lowest BCUT2D eigenvalue weighted by Crippen LogP contribution is -2.05. The van der Waals surface area contributed by atoms with Gasteiger partial charge < -0.3 is 4.74 Å². The molecule has 4 heteroatoms. The van der Waals surface area contributed by atoms with Crippen LogP contribution >= 0.6 is 0 Å². The number of rotatable bonds is 5. The first-order chi connectivity index (χ1) is 14.0. The first-order valence-electron chi connectivity index (χ1n) is 9.85. The van der Waals surface area contributed by atoms with Crippen molar-refractivity contribution in [3.05, 3.63) is 84.1 Å². The van der Waals surface area contributed by atoms with E-state index in [1.54, 1.807) is 0 Å². The highest BCUT2D eigenvalue weighted by molar-refractivity contribution is 5.81. The molecule has 0 unspecified atom stereocenters. The zero-order valence-corrected chi connectivity index (χ0v) is 17.3. The van der Waals surface area contributed by atoms with E-state index >= 15 is 0 Å². The van der Waals surface area contributed by atoms with Crippen molar-refractivity contribution in [3.8, 4) is 16.9 Å². The Labute approximate surface area is 171 Å². The number of allylic oxidation sites excluding steroid dienone is 1. The van der Waals surface area contributed by atoms with Crippen LogP contribution in [0.4, 0.5) is 0 Å². The number of fused-ring (bicyclic) bond motifs is 1. The summed E-state index contributed by atoms with van der Waals surface area (Å²) < 4.78 is 7.86. The van der Waals surface area contributed by atoms with Crippen LogP contribution in [0.25, 0.3) is 28.4 Å². The number of ether oxygens (including phenoxy) is 1. The van der Waals surface area contributed by atoms with Crippen molar-refractivity contribution in [2.45, 2.75) is 33.8 Å². The van der Waals surface area contributed by atoms with E-state index in [0.717, 1.165) is 39.4 Å². The Morgan fingerprint density at radius 2 is 1.83 bits per heavy atom. The second-order valence-electron chi connectivity index (χ2n) is 7.54. The molecule has 0 radical (unpaired) electrons. The largest absolute Gasteiger partial charge is 0.491 e. The van der Waals surface area contributed by atoms with Crippen molar-refractivity contribution in [2.24, 2.45) is 0 Å². The van der Waals surface area contributed by atoms with Gasteiger partial charge in [-0.25, -0.2) is 4.98 Å². The van der Waals surface area contributed by atoms with Crippen LogP contribution in [-0.4, -0.2) is 20.5 Å². The monoisotopic (exact) mass is 383 g/mol. The average molecular weight is 383 g/mol. The lowest BCUT2D eigenvalue weighted by molar-refractivity contribution is 0.242. The number of imidazole rings is 1. The minimum atomic E-state index is 0.174. The maximum atomic E-state index is 5.74. The van der Waals surface area contributed by atoms with E-state index in [9.17, 15) is 0 Å². The van der Waals surface area contributed by atoms with Crippen LogP contribution in [0.15, 0.2) is 67.3 Å². The molecular weight excluding hydrogens is 358 g/mol. The molecule has 0 aliphatic rings. The van der Waals surface area contributed by atoms with Crippen LogP contribution in [-0.2, 0) is 0 Å². The Kier molecular flexibility index (Phi) is 5.17. The van der Waals surface area contributed by atoms with Crippen molar-refractivity contribution in [1.82, 2.24) is 14.4 Å². The van der Waals surface area contributed by atoms with E-state index < -0.39 is 0 Å². The highest BCUT2D eigenvalue weighted by Gasteiger charge is 2.08. The Balaban J connectivity index is 1.65. The van der Waals surface area contributed by atoms with Crippen LogP contribution in [0, 0.1) is 6.92 Å². The van der Waals surface area contributed by atoms with Crippen LogP contribution in [0.3, 0.4) is 0 Å². The van der Waals surface area contributed by atoms with Gasteiger partial charge in [-0.2, -0.15) is 0 Å². The third-order valence-electron chi connectivity index (χ3n) is 4.91. The molecule has 4 aromatic rings. The van der Waals surface area contributed by atoms with Gasteiger partial charge in [0.15, 0.2) is 0 Å². The van der Waals surface area contributed by atoms with Gasteiger partial charge in [-0.1, -0.05) is 12.1 Å². The average Bonchev–Trinajstić information content (AvgIpc) is 3.13. The zero-order valence-electron chi connectivity index (χ0n) is 17.3. The number of hydrogen-bond acceptors (Lipinski definition) is 3. The van der Waals surface area contributed by atoms with Gasteiger partial charge >= 0.3 is 0 Å². The highest BCUT2D eigenvalue weighted by atomic mass is 16.5. The van der Waals surface area contributed by atoms with Crippen LogP contribution < -0.4 is 4.74 Å². The van der Waals surface area contributed by atoms with E-state index in [0.29, 0.717) is 0 Å². The molecule has 0 amide bonds. The van der Waals surface area contributed by atoms with Gasteiger partial charge in [-0.15, -0.1) is 0 Å². The number of benzene rings is 1. The predicted molar refractivity (Wildman–Crippen MR) is 119 cm³/mol. The summed E-state index contributed by atoms with van der Waals surface area (Å²) in [7, 11) is 0. The molecule has 0 spiro atoms. The summed E-state index contributed by atoms with van der Waals surface area (Å²) in [6, 6.07) is 14.5. The fraction of sp³-hybridized carbons (Fsp3) is 0.200. The number of aryl methyl sites for hydroxylation is 1. The second kappa shape index (κ2) is 7.92. The summed E-state index contributed by atoms with van der Waals surface area (Å²) in [4.78, 5) is 8.80. The number of hydrogen-bond donors (Lipinski definition) is 0. The number of aromatic nitrogens is 3. The Hall–Kier alpha value is -3.40. The lowest BCUT2D eigenvalue weighted by atomic mass is 10.1. The highest BCUT2D eigenvalue weighted by Crippen LogP contribution is 2.26. The number of nitrogens with zero attached hydrogens (tertiary/aromatic N) is 3. The minimum absolute atomic E-state index is 0.174. The van der Waals surface area contributed by atoms with Crippen molar-refractivity contribution < 1.29 is 4.74 Å². The van der Waals surface area contributed by atoms with Crippen molar-refractivity contribution in [3.63, 3.8) is 0 Å². The summed E-state index contributed by atoms with van der Waals surface area (Å²) >= 11 is 0. The Bertz CT molecular complexity index is 1170. The van der Waals surface area contributed by atoms with Gasteiger partial charge in [0.1, 0.15) is 11.4 Å². The molecule has 146 valence electrons. The van der Waals surface area contributed by atoms with E-state index in [2.05, 4.69) is 64.8 Å². The summed E-state index contributed by atoms with van der Waals surface area (Å²) in [5.74, 6) is 0.889. The molecule has 29 heavy (non-hydrogen) atoms. The second-order valence-corrected chi connectivity index (χ2v) is 7.54. The van der Waals surface area contributed by atoms with Gasteiger partial charge in [0.25, 0.3) is 0 Å². The van der Waals surface area contributed by atoms with Crippen LogP contribution in [0.5, 0.6) is 5.75 Å². The molecule has 0 aliphatic carbocycles. The van der Waals surface area contributed by atoms with Crippen LogP contribution in [0.1, 0.15) is 37.6 Å². The molecule has 0 atom stereocenters. The summed E-state index contributed by atoms with van der Waals surface area (Å²) in [6.45, 7) is 8.25. The fourth-order valence-corrected chi connectivity index (χ4v) is 3.40. The fourth-order valence-electron chi connectivity index (χ4n) is 3.40. The molecule has 0 bridgehead atoms. The van der Waals surface area contributed by atoms with E-state index in [-0.39, 0.29) is 6.10 Å². The van der Waals surface area contributed by atoms with Gasteiger partial charge in [0, 0.05) is 18.6 Å². The van der Waals surface area contributed by atoms with E-state index in [1.807, 2.05) is 50.6 Å². The smallest absolute Gasteiger partial charge is 0.137 e. The quantitative estimate of drug-likeness (QED) is 0.421. The molecule has 0 N–H and O–H groups in total. The molecule has 0 fully saturated rings. The molecule has 0 saturated heterocycles. The molecule has 4 rings (SSSR count). The summed E-state index contributed by atoms with van der Waals surface area (Å²) in [6.07, 6.45) is 10.1. The molecular formula is C25H25N3O. The zero-order chi connectivity index (χ0) is 20.4. The molecule has 3 aromatic heterocycles. The first-order valence-corrected chi connectivity index (χ1v) is 9.85. The predicted octanol–water partition coefficient (Wildman–Crippen LogP) is 6.05. The Morgan fingerprint density at radius 1 is 1.03 bits per heavy atom. The van der Waals surface area contributed by atoms with Crippen molar-refractivity contribution in [2.75, 3.05) is 0 Å². The van der Waals surface area contributed by atoms with Gasteiger partial charge in [0.05, 0.1) is 18.0 Å². The minimum Gasteiger partial charge on any atom is -0.491 e. The van der Waals surface area contributed by atoms with E-state index in [4.69, 9.17) is 4.74 Å². The molecule has 3 heterocycles. The topological polar surface area (TPSA) is 39.4 Å². The van der Waals surface area contributed by atoms with Crippen LogP contribution in [0.2, 0.25) is 0 Å². The van der Waals surface area contributed by atoms with Gasteiger partial charge in [-0.3, -0.25) is 9.38 Å². The lowest BCUT2D eigenvalue weighted by Gasteiger charge is -2.10. The van der Waals surface area contributed by atoms with E-state index in [1.165, 1.54) is 5.56 Å². The summed E-state index contributed by atoms with van der Waals surface area (Å²) in [5, 5.41) is 0. The van der Waals surface area contributed by atoms with Gasteiger partial charge in [-0.05, 0) is 91.9 Å². The molecule has 0 saturated carbocycles. The van der Waals surface area contributed by atoms with Crippen molar-refractivity contribution >= 4 is 17.3 Å². The standard InChI is InChI=1S/C25H25N3O/c1-17(2)29-23-7-5-20(6-8-23)22-10-12-28-24(16-27-25(28)14-22)18(3)13-21-9-11-26-15-19(21)4/h5-17H,1-4H3/b18-13+.